The second-order valence-corrected chi connectivity index (χ2v) is 16.7. The summed E-state index contributed by atoms with van der Waals surface area (Å²) in [5.74, 6) is 0. The molecule has 0 aliphatic heterocycles. The Morgan fingerprint density at radius 3 is 1.37 bits per heavy atom. The number of fused-ring (bicyclic) bond motifs is 15. The normalized spacial score (nSPS) is 14.4. The molecule has 2 aliphatic carbocycles. The molecule has 2 aliphatic rings. The molecule has 1 spiro atoms. The van der Waals surface area contributed by atoms with Gasteiger partial charge in [-0.05, 0) is 109 Å². The first kappa shape index (κ1) is 35.5. The van der Waals surface area contributed by atoms with Crippen LogP contribution in [0.1, 0.15) is 22.3 Å². The van der Waals surface area contributed by atoms with Gasteiger partial charge in [-0.2, -0.15) is 0 Å². The van der Waals surface area contributed by atoms with Crippen LogP contribution in [0.15, 0.2) is 241 Å². The second kappa shape index (κ2) is 13.9. The fraction of sp³-hybridized carbons (Fsp3) is 0.0164. The van der Waals surface area contributed by atoms with Crippen LogP contribution >= 0.6 is 0 Å². The van der Waals surface area contributed by atoms with Gasteiger partial charge in [-0.1, -0.05) is 194 Å². The summed E-state index contributed by atoms with van der Waals surface area (Å²) < 4.78 is 6.62. The summed E-state index contributed by atoms with van der Waals surface area (Å²) in [6.07, 6.45) is 0. The van der Waals surface area contributed by atoms with E-state index in [9.17, 15) is 0 Å². The Morgan fingerprint density at radius 2 is 0.746 bits per heavy atom. The predicted octanol–water partition coefficient (Wildman–Crippen LogP) is 16.4. The fourth-order valence-electron chi connectivity index (χ4n) is 10.9. The van der Waals surface area contributed by atoms with Crippen LogP contribution in [-0.4, -0.2) is 0 Å². The highest BCUT2D eigenvalue weighted by atomic mass is 16.3. The van der Waals surface area contributed by atoms with E-state index >= 15 is 0 Å². The number of hydrogen-bond acceptors (Lipinski definition) is 2. The smallest absolute Gasteiger partial charge is 0.136 e. The van der Waals surface area contributed by atoms with E-state index in [0.717, 1.165) is 50.1 Å². The van der Waals surface area contributed by atoms with Crippen LogP contribution in [0.5, 0.6) is 0 Å². The standard InChI is InChI=1S/C61H39NO/c1-3-19-40(20-4-1)43-23-11-16-32-57(43)62(58-33-17-12-24-44(58)41-21-5-2-6-22-41)42-35-36-49-46-26-8-7-25-45(46)47-27-9-14-30-53(47)61(55(49)37-42)54-31-15-10-28-48(54)51-39-60-52(38-56(51)61)50-29-13-18-34-59(50)63-60/h1-39H. The molecule has 0 radical (unpaired) electrons. The van der Waals surface area contributed by atoms with E-state index in [1.807, 2.05) is 0 Å². The molecule has 1 atom stereocenters. The third-order valence-electron chi connectivity index (χ3n) is 13.5. The van der Waals surface area contributed by atoms with Gasteiger partial charge in [-0.25, -0.2) is 0 Å². The number of hydrogen-bond donors (Lipinski definition) is 0. The van der Waals surface area contributed by atoms with Gasteiger partial charge in [0.05, 0.1) is 16.8 Å². The highest BCUT2D eigenvalue weighted by Crippen LogP contribution is 2.63. The zero-order valence-electron chi connectivity index (χ0n) is 34.4. The molecule has 1 aromatic heterocycles. The number of para-hydroxylation sites is 3. The van der Waals surface area contributed by atoms with Gasteiger partial charge in [0.15, 0.2) is 0 Å². The molecule has 10 aromatic carbocycles. The minimum atomic E-state index is -0.691. The molecule has 11 aromatic rings. The summed E-state index contributed by atoms with van der Waals surface area (Å²) >= 11 is 0. The van der Waals surface area contributed by atoms with E-state index in [4.69, 9.17) is 4.42 Å². The topological polar surface area (TPSA) is 16.4 Å². The zero-order valence-corrected chi connectivity index (χ0v) is 34.4. The van der Waals surface area contributed by atoms with Gasteiger partial charge in [0.1, 0.15) is 11.2 Å². The van der Waals surface area contributed by atoms with Crippen molar-refractivity contribution in [3.8, 4) is 55.6 Å². The van der Waals surface area contributed by atoms with Crippen molar-refractivity contribution in [3.63, 3.8) is 0 Å². The molecule has 2 heteroatoms. The summed E-state index contributed by atoms with van der Waals surface area (Å²) in [4.78, 5) is 2.50. The summed E-state index contributed by atoms with van der Waals surface area (Å²) in [5, 5.41) is 2.26. The van der Waals surface area contributed by atoms with Gasteiger partial charge >= 0.3 is 0 Å². The van der Waals surface area contributed by atoms with Gasteiger partial charge < -0.3 is 9.32 Å². The predicted molar refractivity (Wildman–Crippen MR) is 261 cm³/mol. The van der Waals surface area contributed by atoms with Crippen molar-refractivity contribution in [2.24, 2.45) is 0 Å². The van der Waals surface area contributed by atoms with Gasteiger partial charge in [0.25, 0.3) is 0 Å². The lowest BCUT2D eigenvalue weighted by Crippen LogP contribution is -2.29. The Hall–Kier alpha value is -8.20. The minimum absolute atomic E-state index is 0.691. The quantitative estimate of drug-likeness (QED) is 0.172. The number of rotatable bonds is 5. The molecule has 0 N–H and O–H groups in total. The van der Waals surface area contributed by atoms with E-state index in [2.05, 4.69) is 241 Å². The van der Waals surface area contributed by atoms with Crippen molar-refractivity contribution >= 4 is 39.0 Å². The monoisotopic (exact) mass is 801 g/mol. The molecular weight excluding hydrogens is 763 g/mol. The van der Waals surface area contributed by atoms with E-state index in [1.165, 1.54) is 66.8 Å². The highest BCUT2D eigenvalue weighted by molar-refractivity contribution is 6.09. The average Bonchev–Trinajstić information content (AvgIpc) is 3.83. The second-order valence-electron chi connectivity index (χ2n) is 16.7. The maximum atomic E-state index is 6.62. The molecule has 0 fully saturated rings. The Labute approximate surface area is 366 Å². The molecule has 0 saturated carbocycles. The third kappa shape index (κ3) is 5.19. The van der Waals surface area contributed by atoms with Gasteiger partial charge in [0, 0.05) is 27.6 Å². The molecule has 2 nitrogen and oxygen atoms in total. The molecular formula is C61H39NO. The molecule has 63 heavy (non-hydrogen) atoms. The molecule has 0 amide bonds. The maximum absolute atomic E-state index is 6.62. The Bertz CT molecular complexity index is 3500. The molecule has 1 heterocycles. The number of benzene rings is 10. The van der Waals surface area contributed by atoms with E-state index in [-0.39, 0.29) is 0 Å². The van der Waals surface area contributed by atoms with Gasteiger partial charge in [0.2, 0.25) is 0 Å². The van der Waals surface area contributed by atoms with Crippen LogP contribution in [0.25, 0.3) is 77.6 Å². The van der Waals surface area contributed by atoms with Crippen molar-refractivity contribution in [2.75, 3.05) is 4.90 Å². The SMILES string of the molecule is c1ccc(-c2ccccc2N(c2ccc3c(c2)C2(c4ccccc4-c4ccccc4-3)c3ccccc3-c3cc4oc5ccccc5c4cc32)c2ccccc2-c2ccccc2)cc1. The first-order chi connectivity index (χ1) is 31.3. The van der Waals surface area contributed by atoms with E-state index in [0.29, 0.717) is 0 Å². The Balaban J connectivity index is 1.18. The summed E-state index contributed by atoms with van der Waals surface area (Å²) in [6, 6.07) is 86.9. The lowest BCUT2D eigenvalue weighted by molar-refractivity contribution is 0.668. The Morgan fingerprint density at radius 1 is 0.286 bits per heavy atom. The van der Waals surface area contributed by atoms with E-state index < -0.39 is 5.41 Å². The minimum Gasteiger partial charge on any atom is -0.456 e. The molecule has 294 valence electrons. The largest absolute Gasteiger partial charge is 0.456 e. The third-order valence-corrected chi connectivity index (χ3v) is 13.5. The van der Waals surface area contributed by atoms with Crippen LogP contribution in [-0.2, 0) is 5.41 Å². The van der Waals surface area contributed by atoms with Crippen molar-refractivity contribution in [2.45, 2.75) is 5.41 Å². The summed E-state index contributed by atoms with van der Waals surface area (Å²) in [7, 11) is 0. The summed E-state index contributed by atoms with van der Waals surface area (Å²) in [5.41, 5.74) is 21.5. The number of furan rings is 1. The van der Waals surface area contributed by atoms with Crippen LogP contribution in [0, 0.1) is 0 Å². The van der Waals surface area contributed by atoms with Crippen molar-refractivity contribution in [1.82, 2.24) is 0 Å². The van der Waals surface area contributed by atoms with Crippen molar-refractivity contribution in [3.05, 3.63) is 259 Å². The first-order valence-electron chi connectivity index (χ1n) is 21.8. The number of anilines is 3. The molecule has 0 saturated heterocycles. The summed E-state index contributed by atoms with van der Waals surface area (Å²) in [6.45, 7) is 0. The van der Waals surface area contributed by atoms with Crippen LogP contribution in [0.3, 0.4) is 0 Å². The lowest BCUT2D eigenvalue weighted by atomic mass is 9.65. The highest BCUT2D eigenvalue weighted by Gasteiger charge is 2.50. The van der Waals surface area contributed by atoms with Crippen LogP contribution in [0.4, 0.5) is 17.1 Å². The van der Waals surface area contributed by atoms with E-state index in [1.54, 1.807) is 0 Å². The average molecular weight is 802 g/mol. The van der Waals surface area contributed by atoms with Gasteiger partial charge in [-0.15, -0.1) is 0 Å². The van der Waals surface area contributed by atoms with Crippen molar-refractivity contribution < 1.29 is 4.42 Å². The van der Waals surface area contributed by atoms with Crippen LogP contribution in [0.2, 0.25) is 0 Å². The molecule has 1 unspecified atom stereocenters. The van der Waals surface area contributed by atoms with Gasteiger partial charge in [-0.3, -0.25) is 0 Å². The number of nitrogens with zero attached hydrogens (tertiary/aromatic N) is 1. The van der Waals surface area contributed by atoms with Crippen molar-refractivity contribution in [1.29, 1.82) is 0 Å². The zero-order chi connectivity index (χ0) is 41.5. The molecule has 0 bridgehead atoms. The lowest BCUT2D eigenvalue weighted by Gasteiger charge is -2.37. The Kier molecular flexibility index (Phi) is 7.85. The van der Waals surface area contributed by atoms with Crippen LogP contribution < -0.4 is 4.90 Å². The maximum Gasteiger partial charge on any atom is 0.136 e. The first-order valence-corrected chi connectivity index (χ1v) is 21.8. The fourth-order valence-corrected chi connectivity index (χ4v) is 10.9. The molecule has 13 rings (SSSR count).